The summed E-state index contributed by atoms with van der Waals surface area (Å²) in [6.45, 7) is 6.00. The van der Waals surface area contributed by atoms with E-state index >= 15 is 0 Å². The number of rotatable bonds is 16. The van der Waals surface area contributed by atoms with Gasteiger partial charge >= 0.3 is 13.7 Å². The molecule has 3 rings (SSSR count). The zero-order chi connectivity index (χ0) is 28.0. The first-order chi connectivity index (χ1) is 17.9. The summed E-state index contributed by atoms with van der Waals surface area (Å²) < 4.78 is 30.2. The van der Waals surface area contributed by atoms with Crippen LogP contribution in [-0.2, 0) is 30.1 Å². The number of aromatic nitrogens is 4. The molecular weight excluding hydrogens is 521 g/mol. The number of anilines is 2. The van der Waals surface area contributed by atoms with Crippen LogP contribution in [0.25, 0.3) is 11.2 Å². The van der Waals surface area contributed by atoms with Crippen LogP contribution in [-0.4, -0.2) is 84.2 Å². The number of fused-ring (bicyclic) bond motifs is 1. The summed E-state index contributed by atoms with van der Waals surface area (Å²) in [6, 6.07) is -0.767. The van der Waals surface area contributed by atoms with E-state index in [0.29, 0.717) is 23.0 Å². The van der Waals surface area contributed by atoms with Gasteiger partial charge in [-0.15, -0.1) is 0 Å². The van der Waals surface area contributed by atoms with Gasteiger partial charge in [0.25, 0.3) is 0 Å². The van der Waals surface area contributed by atoms with Crippen LogP contribution in [0.1, 0.15) is 47.0 Å². The van der Waals surface area contributed by atoms with E-state index in [0.717, 1.165) is 12.8 Å². The van der Waals surface area contributed by atoms with Crippen LogP contribution >= 0.6 is 7.75 Å². The number of aliphatic hydroxyl groups is 2. The van der Waals surface area contributed by atoms with Crippen molar-refractivity contribution in [3.63, 3.8) is 0 Å². The molecule has 214 valence electrons. The molecule has 5 atom stereocenters. The lowest BCUT2D eigenvalue weighted by Crippen LogP contribution is -2.42. The monoisotopic (exact) mass is 559 g/mol. The second-order valence-corrected chi connectivity index (χ2v) is 11.2. The average Bonchev–Trinajstić information content (AvgIpc) is 3.55. The Balaban J connectivity index is 1.69. The predicted molar refractivity (Wildman–Crippen MR) is 138 cm³/mol. The molecular formula is C22H38N7O8P. The first-order valence-electron chi connectivity index (χ1n) is 12.5. The molecule has 2 unspecified atom stereocenters. The molecule has 0 radical (unpaired) electrons. The van der Waals surface area contributed by atoms with Crippen molar-refractivity contribution in [2.45, 2.75) is 84.1 Å². The Hall–Kier alpha value is -2.39. The number of imidazole rings is 1. The number of ether oxygens (including phenoxy) is 2. The molecule has 16 heteroatoms. The Kier molecular flexibility index (Phi) is 10.4. The van der Waals surface area contributed by atoms with Gasteiger partial charge in [-0.25, -0.2) is 14.6 Å². The Bertz CT molecular complexity index is 1130. The fourth-order valence-electron chi connectivity index (χ4n) is 3.63. The first kappa shape index (κ1) is 30.2. The molecule has 0 aliphatic heterocycles. The Labute approximate surface area is 220 Å². The van der Waals surface area contributed by atoms with Crippen molar-refractivity contribution in [2.24, 2.45) is 5.92 Å². The standard InChI is InChI=1S/C22H38N7O8P/c1-5-35-21(32)15(8-12(2)3)28-38(33,34)37-9-16(18(31)13(4)30)36-11-29-10-24-17-19(25-14-6-7-14)26-22(23)27-20(17)29/h10,12-16,18,30-31H,5-9,11H2,1-4H3,(H2,28,33,34)(H3,23,25,26,27)/t13?,15-,16+,18+/m0/s1. The number of esters is 1. The minimum Gasteiger partial charge on any atom is -0.465 e. The van der Waals surface area contributed by atoms with Gasteiger partial charge in [0.05, 0.1) is 25.6 Å². The molecule has 1 aliphatic carbocycles. The van der Waals surface area contributed by atoms with Crippen LogP contribution < -0.4 is 16.1 Å². The van der Waals surface area contributed by atoms with Crippen molar-refractivity contribution in [3.05, 3.63) is 6.33 Å². The lowest BCUT2D eigenvalue weighted by molar-refractivity contribution is -0.145. The predicted octanol–water partition coefficient (Wildman–Crippen LogP) is 0.752. The third-order valence-electron chi connectivity index (χ3n) is 5.71. The van der Waals surface area contributed by atoms with E-state index in [2.05, 4.69) is 25.4 Å². The van der Waals surface area contributed by atoms with Crippen LogP contribution in [0.4, 0.5) is 11.8 Å². The molecule has 1 saturated carbocycles. The van der Waals surface area contributed by atoms with E-state index in [4.69, 9.17) is 19.7 Å². The molecule has 2 aromatic heterocycles. The Morgan fingerprint density at radius 1 is 1.29 bits per heavy atom. The summed E-state index contributed by atoms with van der Waals surface area (Å²) in [5.74, 6) is -0.119. The third-order valence-corrected chi connectivity index (χ3v) is 6.85. The molecule has 2 heterocycles. The lowest BCUT2D eigenvalue weighted by Gasteiger charge is -2.27. The molecule has 2 aromatic rings. The summed E-state index contributed by atoms with van der Waals surface area (Å²) in [5, 5.41) is 26.0. The van der Waals surface area contributed by atoms with Crippen molar-refractivity contribution >= 4 is 36.6 Å². The topological polar surface area (TPSA) is 216 Å². The number of nitrogens with zero attached hydrogens (tertiary/aromatic N) is 4. The summed E-state index contributed by atoms with van der Waals surface area (Å²) in [6.07, 6.45) is -0.199. The zero-order valence-electron chi connectivity index (χ0n) is 22.0. The maximum Gasteiger partial charge on any atom is 0.403 e. The van der Waals surface area contributed by atoms with Crippen LogP contribution in [0.2, 0.25) is 0 Å². The molecule has 1 aliphatic rings. The highest BCUT2D eigenvalue weighted by molar-refractivity contribution is 7.50. The van der Waals surface area contributed by atoms with E-state index in [1.807, 2.05) is 13.8 Å². The van der Waals surface area contributed by atoms with Gasteiger partial charge in [0.2, 0.25) is 5.95 Å². The van der Waals surface area contributed by atoms with Crippen molar-refractivity contribution in [2.75, 3.05) is 24.3 Å². The highest BCUT2D eigenvalue weighted by Gasteiger charge is 2.34. The summed E-state index contributed by atoms with van der Waals surface area (Å²) in [5.41, 5.74) is 6.73. The lowest BCUT2D eigenvalue weighted by atomic mass is 10.1. The fraction of sp³-hybridized carbons (Fsp3) is 0.727. The zero-order valence-corrected chi connectivity index (χ0v) is 22.9. The SMILES string of the molecule is CCOC(=O)[C@H](CC(C)C)NP(=O)(O)OC[C@@H](OCn1cnc2c(NC3CC3)nc(N)nc21)[C@H](O)C(C)O. The third kappa shape index (κ3) is 8.56. The smallest absolute Gasteiger partial charge is 0.403 e. The number of nitrogens with one attached hydrogen (secondary N) is 2. The molecule has 0 aromatic carbocycles. The molecule has 0 bridgehead atoms. The van der Waals surface area contributed by atoms with Gasteiger partial charge < -0.3 is 35.6 Å². The van der Waals surface area contributed by atoms with E-state index in [-0.39, 0.29) is 31.6 Å². The molecule has 15 nitrogen and oxygen atoms in total. The van der Waals surface area contributed by atoms with E-state index in [9.17, 15) is 24.5 Å². The summed E-state index contributed by atoms with van der Waals surface area (Å²) in [7, 11) is -4.54. The minimum atomic E-state index is -4.54. The van der Waals surface area contributed by atoms with Gasteiger partial charge in [-0.1, -0.05) is 13.8 Å². The van der Waals surface area contributed by atoms with Crippen LogP contribution in [0.15, 0.2) is 6.33 Å². The van der Waals surface area contributed by atoms with Gasteiger partial charge in [-0.3, -0.25) is 13.9 Å². The quantitative estimate of drug-likeness (QED) is 0.124. The average molecular weight is 560 g/mol. The maximum absolute atomic E-state index is 12.7. The number of carbonyl (C=O) groups is 1. The van der Waals surface area contributed by atoms with Gasteiger partial charge in [0, 0.05) is 6.04 Å². The number of carbonyl (C=O) groups excluding carboxylic acids is 1. The van der Waals surface area contributed by atoms with E-state index in [1.54, 1.807) is 6.92 Å². The van der Waals surface area contributed by atoms with Gasteiger partial charge in [0.15, 0.2) is 17.0 Å². The van der Waals surface area contributed by atoms with Crippen molar-refractivity contribution < 1.29 is 38.5 Å². The fourth-order valence-corrected chi connectivity index (χ4v) is 4.66. The highest BCUT2D eigenvalue weighted by atomic mass is 31.2. The summed E-state index contributed by atoms with van der Waals surface area (Å²) in [4.78, 5) is 35.4. The van der Waals surface area contributed by atoms with E-state index in [1.165, 1.54) is 17.8 Å². The van der Waals surface area contributed by atoms with Crippen LogP contribution in [0, 0.1) is 5.92 Å². The molecule has 38 heavy (non-hydrogen) atoms. The van der Waals surface area contributed by atoms with Crippen molar-refractivity contribution in [1.29, 1.82) is 0 Å². The second kappa shape index (κ2) is 13.1. The second-order valence-electron chi connectivity index (χ2n) is 9.68. The minimum absolute atomic E-state index is 0.0212. The molecule has 1 fully saturated rings. The molecule has 0 amide bonds. The number of hydrogen-bond donors (Lipinski definition) is 6. The molecule has 0 saturated heterocycles. The van der Waals surface area contributed by atoms with Gasteiger partial charge in [-0.05, 0) is 39.0 Å². The Morgan fingerprint density at radius 2 is 2.00 bits per heavy atom. The van der Waals surface area contributed by atoms with Gasteiger partial charge in [0.1, 0.15) is 25.0 Å². The number of nitrogens with two attached hydrogens (primary N) is 1. The largest absolute Gasteiger partial charge is 0.465 e. The number of hydrogen-bond acceptors (Lipinski definition) is 12. The molecule has 7 N–H and O–H groups in total. The van der Waals surface area contributed by atoms with Crippen LogP contribution in [0.5, 0.6) is 0 Å². The van der Waals surface area contributed by atoms with Crippen molar-refractivity contribution in [1.82, 2.24) is 24.6 Å². The maximum atomic E-state index is 12.7. The Morgan fingerprint density at radius 3 is 2.61 bits per heavy atom. The highest BCUT2D eigenvalue weighted by Crippen LogP contribution is 2.39. The van der Waals surface area contributed by atoms with E-state index < -0.39 is 44.7 Å². The normalized spacial score (nSPS) is 18.6. The first-order valence-corrected chi connectivity index (χ1v) is 14.1. The number of nitrogen functional groups attached to an aromatic ring is 1. The molecule has 0 spiro atoms. The summed E-state index contributed by atoms with van der Waals surface area (Å²) >= 11 is 0. The van der Waals surface area contributed by atoms with Crippen molar-refractivity contribution in [3.8, 4) is 0 Å². The van der Waals surface area contributed by atoms with Gasteiger partial charge in [-0.2, -0.15) is 9.97 Å². The van der Waals surface area contributed by atoms with Crippen LogP contribution in [0.3, 0.4) is 0 Å². The number of aliphatic hydroxyl groups excluding tert-OH is 2.